The number of amides is 1. The quantitative estimate of drug-likeness (QED) is 0.234. The van der Waals surface area contributed by atoms with E-state index in [9.17, 15) is 9.59 Å². The van der Waals surface area contributed by atoms with Gasteiger partial charge in [-0.15, -0.1) is 11.8 Å². The summed E-state index contributed by atoms with van der Waals surface area (Å²) < 4.78 is 5.31. The summed E-state index contributed by atoms with van der Waals surface area (Å²) in [6.07, 6.45) is 0. The Balaban J connectivity index is 1.55. The number of carboxylic acid groups (broad SMARTS) is 1. The van der Waals surface area contributed by atoms with Crippen molar-refractivity contribution in [2.75, 3.05) is 28.8 Å². The molecule has 0 atom stereocenters. The zero-order valence-electron chi connectivity index (χ0n) is 17.4. The highest BCUT2D eigenvalue weighted by Gasteiger charge is 2.11. The van der Waals surface area contributed by atoms with Crippen molar-refractivity contribution in [2.45, 2.75) is 4.90 Å². The van der Waals surface area contributed by atoms with Gasteiger partial charge >= 0.3 is 5.97 Å². The number of hydrogen-bond donors (Lipinski definition) is 4. The van der Waals surface area contributed by atoms with Crippen LogP contribution in [0.5, 0.6) is 5.75 Å². The van der Waals surface area contributed by atoms with Gasteiger partial charge in [0.2, 0.25) is 5.91 Å². The summed E-state index contributed by atoms with van der Waals surface area (Å²) in [6, 6.07) is 19.2. The summed E-state index contributed by atoms with van der Waals surface area (Å²) in [5.41, 5.74) is 1.80. The molecule has 0 fully saturated rings. The number of methoxy groups -OCH3 is 1. The molecule has 3 aromatic rings. The second-order valence-corrected chi connectivity index (χ2v) is 8.51. The molecule has 0 aliphatic rings. The lowest BCUT2D eigenvalue weighted by Gasteiger charge is -2.14. The summed E-state index contributed by atoms with van der Waals surface area (Å²) in [5, 5.41) is 18.5. The molecule has 0 aliphatic heterocycles. The van der Waals surface area contributed by atoms with E-state index in [0.29, 0.717) is 16.5 Å². The maximum Gasteiger partial charge on any atom is 0.337 e. The number of hydrogen-bond acceptors (Lipinski definition) is 5. The molecule has 170 valence electrons. The average Bonchev–Trinajstić information content (AvgIpc) is 2.79. The van der Waals surface area contributed by atoms with Gasteiger partial charge in [0, 0.05) is 16.3 Å². The lowest BCUT2D eigenvalue weighted by atomic mass is 10.2. The molecule has 0 aliphatic carbocycles. The molecule has 0 bridgehead atoms. The maximum atomic E-state index is 12.3. The average molecular weight is 502 g/mol. The van der Waals surface area contributed by atoms with Crippen LogP contribution in [0.1, 0.15) is 10.4 Å². The first-order valence-electron chi connectivity index (χ1n) is 9.62. The van der Waals surface area contributed by atoms with Gasteiger partial charge in [0.05, 0.1) is 29.1 Å². The van der Waals surface area contributed by atoms with Crippen LogP contribution in [0.2, 0.25) is 5.02 Å². The lowest BCUT2D eigenvalue weighted by molar-refractivity contribution is -0.113. The van der Waals surface area contributed by atoms with Crippen molar-refractivity contribution in [1.29, 1.82) is 0 Å². The van der Waals surface area contributed by atoms with Gasteiger partial charge < -0.3 is 25.8 Å². The Morgan fingerprint density at radius 3 is 2.52 bits per heavy atom. The molecule has 0 radical (unpaired) electrons. The van der Waals surface area contributed by atoms with Crippen molar-refractivity contribution in [2.24, 2.45) is 0 Å². The van der Waals surface area contributed by atoms with Gasteiger partial charge in [-0.3, -0.25) is 4.79 Å². The molecule has 0 saturated carbocycles. The Kier molecular flexibility index (Phi) is 8.53. The number of nitrogens with one attached hydrogen (secondary N) is 3. The van der Waals surface area contributed by atoms with E-state index in [0.717, 1.165) is 16.3 Å². The molecule has 1 amide bonds. The molecule has 0 spiro atoms. The first-order valence-corrected chi connectivity index (χ1v) is 11.4. The monoisotopic (exact) mass is 501 g/mol. The maximum absolute atomic E-state index is 12.3. The van der Waals surface area contributed by atoms with Crippen LogP contribution in [-0.2, 0) is 4.79 Å². The van der Waals surface area contributed by atoms with Crippen molar-refractivity contribution in [3.63, 3.8) is 0 Å². The standard InChI is InChI=1S/C23H20ClN3O4S2/c1-31-20-8-3-2-7-19(20)27-23(32)26-14-5-4-6-16(11-14)33-13-21(28)25-15-9-10-18(24)17(12-15)22(29)30/h2-12H,13H2,1H3,(H,25,28)(H,29,30)(H2,26,27,32). The summed E-state index contributed by atoms with van der Waals surface area (Å²) in [6.45, 7) is 0. The van der Waals surface area contributed by atoms with E-state index in [2.05, 4.69) is 16.0 Å². The van der Waals surface area contributed by atoms with Crippen LogP contribution in [0.3, 0.4) is 0 Å². The van der Waals surface area contributed by atoms with Crippen LogP contribution in [0.15, 0.2) is 71.6 Å². The zero-order valence-corrected chi connectivity index (χ0v) is 19.8. The molecule has 3 rings (SSSR count). The van der Waals surface area contributed by atoms with Gasteiger partial charge in [-0.05, 0) is 60.7 Å². The van der Waals surface area contributed by atoms with Crippen molar-refractivity contribution >= 4 is 69.6 Å². The van der Waals surface area contributed by atoms with Gasteiger partial charge in [-0.1, -0.05) is 29.8 Å². The Morgan fingerprint density at radius 2 is 1.76 bits per heavy atom. The third kappa shape index (κ3) is 7.11. The predicted octanol–water partition coefficient (Wildman–Crippen LogP) is 5.59. The van der Waals surface area contributed by atoms with Crippen LogP contribution >= 0.6 is 35.6 Å². The van der Waals surface area contributed by atoms with Crippen LogP contribution < -0.4 is 20.7 Å². The van der Waals surface area contributed by atoms with E-state index in [4.69, 9.17) is 33.7 Å². The largest absolute Gasteiger partial charge is 0.495 e. The molecule has 0 saturated heterocycles. The van der Waals surface area contributed by atoms with Crippen molar-refractivity contribution in [3.05, 3.63) is 77.3 Å². The van der Waals surface area contributed by atoms with E-state index < -0.39 is 5.97 Å². The van der Waals surface area contributed by atoms with Gasteiger partial charge in [0.25, 0.3) is 0 Å². The fourth-order valence-electron chi connectivity index (χ4n) is 2.81. The number of carbonyl (C=O) groups is 2. The highest BCUT2D eigenvalue weighted by molar-refractivity contribution is 8.00. The molecule has 33 heavy (non-hydrogen) atoms. The van der Waals surface area contributed by atoms with Crippen molar-refractivity contribution in [1.82, 2.24) is 0 Å². The minimum atomic E-state index is -1.16. The van der Waals surface area contributed by atoms with Gasteiger partial charge in [0.1, 0.15) is 5.75 Å². The Hall–Kier alpha value is -3.27. The van der Waals surface area contributed by atoms with E-state index in [1.807, 2.05) is 48.5 Å². The number of para-hydroxylation sites is 2. The number of benzene rings is 3. The number of anilines is 3. The highest BCUT2D eigenvalue weighted by atomic mass is 35.5. The number of thiocarbonyl (C=S) groups is 1. The van der Waals surface area contributed by atoms with E-state index >= 15 is 0 Å². The molecule has 0 heterocycles. The molecule has 0 aromatic heterocycles. The van der Waals surface area contributed by atoms with Crippen molar-refractivity contribution < 1.29 is 19.4 Å². The predicted molar refractivity (Wildman–Crippen MR) is 137 cm³/mol. The number of ether oxygens (including phenoxy) is 1. The number of carbonyl (C=O) groups excluding carboxylic acids is 1. The summed E-state index contributed by atoms with van der Waals surface area (Å²) in [4.78, 5) is 24.4. The number of carboxylic acids is 1. The third-order valence-electron chi connectivity index (χ3n) is 4.30. The van der Waals surface area contributed by atoms with E-state index in [-0.39, 0.29) is 22.2 Å². The second kappa shape index (κ2) is 11.6. The van der Waals surface area contributed by atoms with Crippen molar-refractivity contribution in [3.8, 4) is 5.75 Å². The molecule has 10 heteroatoms. The minimum Gasteiger partial charge on any atom is -0.495 e. The van der Waals surface area contributed by atoms with Crippen LogP contribution in [0, 0.1) is 0 Å². The van der Waals surface area contributed by atoms with Crippen LogP contribution in [0.25, 0.3) is 0 Å². The zero-order chi connectivity index (χ0) is 23.8. The van der Waals surface area contributed by atoms with Gasteiger partial charge in [-0.2, -0.15) is 0 Å². The summed E-state index contributed by atoms with van der Waals surface area (Å²) >= 11 is 12.6. The van der Waals surface area contributed by atoms with Gasteiger partial charge in [-0.25, -0.2) is 4.79 Å². The Labute approximate surface area is 205 Å². The Bertz CT molecular complexity index is 1190. The SMILES string of the molecule is COc1ccccc1NC(=S)Nc1cccc(SCC(=O)Nc2ccc(Cl)c(C(=O)O)c2)c1. The topological polar surface area (TPSA) is 99.7 Å². The molecule has 4 N–H and O–H groups in total. The summed E-state index contributed by atoms with van der Waals surface area (Å²) in [7, 11) is 1.59. The third-order valence-corrected chi connectivity index (χ3v) is 5.83. The normalized spacial score (nSPS) is 10.2. The van der Waals surface area contributed by atoms with E-state index in [1.165, 1.54) is 23.9 Å². The molecular formula is C23H20ClN3O4S2. The molecule has 3 aromatic carbocycles. The molecular weight excluding hydrogens is 482 g/mol. The number of aromatic carboxylic acids is 1. The smallest absolute Gasteiger partial charge is 0.337 e. The second-order valence-electron chi connectivity index (χ2n) is 6.64. The minimum absolute atomic E-state index is 0.0707. The van der Waals surface area contributed by atoms with Crippen LogP contribution in [-0.4, -0.2) is 35.0 Å². The fraction of sp³-hybridized carbons (Fsp3) is 0.0870. The van der Waals surface area contributed by atoms with Crippen LogP contribution in [0.4, 0.5) is 17.1 Å². The molecule has 7 nitrogen and oxygen atoms in total. The lowest BCUT2D eigenvalue weighted by Crippen LogP contribution is -2.19. The highest BCUT2D eigenvalue weighted by Crippen LogP contribution is 2.25. The number of halogens is 1. The summed E-state index contributed by atoms with van der Waals surface area (Å²) in [5.74, 6) is -0.621. The first kappa shape index (κ1) is 24.4. The fourth-order valence-corrected chi connectivity index (χ4v) is 3.99. The Morgan fingerprint density at radius 1 is 1.00 bits per heavy atom. The number of rotatable bonds is 8. The molecule has 0 unspecified atom stereocenters. The van der Waals surface area contributed by atoms with Gasteiger partial charge in [0.15, 0.2) is 5.11 Å². The first-order chi connectivity index (χ1) is 15.9. The number of thioether (sulfide) groups is 1. The van der Waals surface area contributed by atoms with E-state index in [1.54, 1.807) is 13.2 Å².